The number of carbonyl (C=O) groups is 1. The highest BCUT2D eigenvalue weighted by atomic mass is 79.9. The summed E-state index contributed by atoms with van der Waals surface area (Å²) in [6, 6.07) is 15.6. The molecule has 1 N–H and O–H groups in total. The minimum absolute atomic E-state index is 0.00919. The van der Waals surface area contributed by atoms with Gasteiger partial charge in [0.2, 0.25) is 0 Å². The van der Waals surface area contributed by atoms with Crippen LogP contribution in [0.15, 0.2) is 65.3 Å². The molecule has 2 aromatic rings. The maximum absolute atomic E-state index is 12.1. The smallest absolute Gasteiger partial charge is 0.187 e. The van der Waals surface area contributed by atoms with Crippen LogP contribution in [0.2, 0.25) is 0 Å². The van der Waals surface area contributed by atoms with Gasteiger partial charge in [-0.25, -0.2) is 0 Å². The lowest BCUT2D eigenvalue weighted by Crippen LogP contribution is -2.11. The van der Waals surface area contributed by atoms with Gasteiger partial charge in [0, 0.05) is 28.0 Å². The van der Waals surface area contributed by atoms with E-state index in [0.717, 1.165) is 10.2 Å². The Kier molecular flexibility index (Phi) is 5.19. The Morgan fingerprint density at radius 1 is 1.00 bits per heavy atom. The van der Waals surface area contributed by atoms with Crippen LogP contribution in [-0.2, 0) is 5.41 Å². The van der Waals surface area contributed by atoms with Crippen LogP contribution in [0.4, 0.5) is 5.69 Å². The molecule has 0 heterocycles. The number of allylic oxidation sites excluding steroid dienone is 1. The topological polar surface area (TPSA) is 29.1 Å². The van der Waals surface area contributed by atoms with Crippen molar-refractivity contribution in [3.63, 3.8) is 0 Å². The molecule has 0 aromatic heterocycles. The maximum Gasteiger partial charge on any atom is 0.187 e. The molecule has 114 valence electrons. The first kappa shape index (κ1) is 16.5. The molecule has 0 unspecified atom stereocenters. The van der Waals surface area contributed by atoms with Crippen molar-refractivity contribution in [1.29, 1.82) is 0 Å². The van der Waals surface area contributed by atoms with Gasteiger partial charge >= 0.3 is 0 Å². The van der Waals surface area contributed by atoms with E-state index in [-0.39, 0.29) is 11.2 Å². The summed E-state index contributed by atoms with van der Waals surface area (Å²) in [7, 11) is 0. The van der Waals surface area contributed by atoms with Crippen molar-refractivity contribution in [2.45, 2.75) is 26.2 Å². The fraction of sp³-hybridized carbons (Fsp3) is 0.211. The Balaban J connectivity index is 1.99. The van der Waals surface area contributed by atoms with Crippen molar-refractivity contribution in [1.82, 2.24) is 0 Å². The number of rotatable bonds is 4. The Morgan fingerprint density at radius 2 is 1.59 bits per heavy atom. The summed E-state index contributed by atoms with van der Waals surface area (Å²) in [5.74, 6) is -0.00919. The summed E-state index contributed by atoms with van der Waals surface area (Å²) < 4.78 is 1.03. The van der Waals surface area contributed by atoms with Crippen molar-refractivity contribution >= 4 is 27.4 Å². The molecule has 0 fully saturated rings. The Morgan fingerprint density at radius 3 is 2.14 bits per heavy atom. The third kappa shape index (κ3) is 4.57. The number of hydrogen-bond donors (Lipinski definition) is 1. The van der Waals surface area contributed by atoms with Crippen molar-refractivity contribution < 1.29 is 4.79 Å². The molecule has 0 radical (unpaired) electrons. The third-order valence-electron chi connectivity index (χ3n) is 3.36. The predicted molar refractivity (Wildman–Crippen MR) is 96.4 cm³/mol. The summed E-state index contributed by atoms with van der Waals surface area (Å²) in [6.45, 7) is 6.48. The van der Waals surface area contributed by atoms with E-state index < -0.39 is 0 Å². The van der Waals surface area contributed by atoms with Crippen molar-refractivity contribution in [2.75, 3.05) is 5.32 Å². The van der Waals surface area contributed by atoms with Crippen LogP contribution in [0.5, 0.6) is 0 Å². The van der Waals surface area contributed by atoms with E-state index >= 15 is 0 Å². The Labute approximate surface area is 140 Å². The number of halogens is 1. The minimum atomic E-state index is -0.00919. The van der Waals surface area contributed by atoms with E-state index in [9.17, 15) is 4.79 Å². The molecule has 0 aliphatic rings. The quantitative estimate of drug-likeness (QED) is 0.573. The van der Waals surface area contributed by atoms with Crippen molar-refractivity contribution in [3.05, 3.63) is 76.4 Å². The highest BCUT2D eigenvalue weighted by Gasteiger charge is 2.13. The average Bonchev–Trinajstić information content (AvgIpc) is 2.48. The van der Waals surface area contributed by atoms with Gasteiger partial charge in [0.25, 0.3) is 0 Å². The largest absolute Gasteiger partial charge is 0.362 e. The van der Waals surface area contributed by atoms with Crippen LogP contribution in [0, 0.1) is 0 Å². The van der Waals surface area contributed by atoms with Crippen LogP contribution < -0.4 is 5.32 Å². The first-order chi connectivity index (χ1) is 10.4. The van der Waals surface area contributed by atoms with E-state index in [1.807, 2.05) is 48.5 Å². The zero-order valence-corrected chi connectivity index (χ0v) is 14.6. The summed E-state index contributed by atoms with van der Waals surface area (Å²) in [4.78, 5) is 12.1. The lowest BCUT2D eigenvalue weighted by Gasteiger charge is -2.18. The SMILES string of the molecule is CC(C)(C)c1ccc(C(=O)C=CNc2ccc(Br)cc2)cc1. The summed E-state index contributed by atoms with van der Waals surface area (Å²) in [5, 5.41) is 3.09. The molecular weight excluding hydrogens is 338 g/mol. The molecule has 0 amide bonds. The molecule has 0 spiro atoms. The van der Waals surface area contributed by atoms with Gasteiger partial charge in [-0.05, 0) is 35.2 Å². The monoisotopic (exact) mass is 357 g/mol. The zero-order chi connectivity index (χ0) is 16.2. The predicted octanol–water partition coefficient (Wildman–Crippen LogP) is 5.56. The molecule has 3 heteroatoms. The van der Waals surface area contributed by atoms with Gasteiger partial charge < -0.3 is 5.32 Å². The molecule has 2 aromatic carbocycles. The van der Waals surface area contributed by atoms with Crippen LogP contribution in [0.25, 0.3) is 0 Å². The van der Waals surface area contributed by atoms with Crippen molar-refractivity contribution in [3.8, 4) is 0 Å². The van der Waals surface area contributed by atoms with Gasteiger partial charge in [-0.3, -0.25) is 4.79 Å². The summed E-state index contributed by atoms with van der Waals surface area (Å²) in [5.41, 5.74) is 2.96. The molecule has 2 nitrogen and oxygen atoms in total. The fourth-order valence-electron chi connectivity index (χ4n) is 1.99. The van der Waals surface area contributed by atoms with Crippen LogP contribution >= 0.6 is 15.9 Å². The average molecular weight is 358 g/mol. The second-order valence-electron chi connectivity index (χ2n) is 6.18. The first-order valence-corrected chi connectivity index (χ1v) is 7.99. The second-order valence-corrected chi connectivity index (χ2v) is 7.09. The maximum atomic E-state index is 12.1. The number of anilines is 1. The molecule has 2 rings (SSSR count). The first-order valence-electron chi connectivity index (χ1n) is 7.20. The normalized spacial score (nSPS) is 11.6. The lowest BCUT2D eigenvalue weighted by atomic mass is 9.86. The van der Waals surface area contributed by atoms with Crippen LogP contribution in [0.3, 0.4) is 0 Å². The van der Waals surface area contributed by atoms with Gasteiger partial charge in [-0.15, -0.1) is 0 Å². The molecule has 0 bridgehead atoms. The number of benzene rings is 2. The molecule has 0 aliphatic heterocycles. The molecule has 0 atom stereocenters. The van der Waals surface area contributed by atoms with E-state index in [0.29, 0.717) is 5.56 Å². The standard InChI is InChI=1S/C19H20BrNO/c1-19(2,3)15-6-4-14(5-7-15)18(22)12-13-21-17-10-8-16(20)9-11-17/h4-13,21H,1-3H3. The van der Waals surface area contributed by atoms with E-state index in [4.69, 9.17) is 0 Å². The van der Waals surface area contributed by atoms with Crippen LogP contribution in [-0.4, -0.2) is 5.78 Å². The van der Waals surface area contributed by atoms with Crippen molar-refractivity contribution in [2.24, 2.45) is 0 Å². The third-order valence-corrected chi connectivity index (χ3v) is 3.89. The second kappa shape index (κ2) is 6.93. The zero-order valence-electron chi connectivity index (χ0n) is 13.1. The van der Waals surface area contributed by atoms with Gasteiger partial charge in [0.15, 0.2) is 5.78 Å². The number of carbonyl (C=O) groups excluding carboxylic acids is 1. The van der Waals surface area contributed by atoms with E-state index in [2.05, 4.69) is 42.0 Å². The van der Waals surface area contributed by atoms with E-state index in [1.54, 1.807) is 12.3 Å². The Bertz CT molecular complexity index is 664. The molecule has 0 saturated heterocycles. The molecule has 0 saturated carbocycles. The van der Waals surface area contributed by atoms with Gasteiger partial charge in [0.05, 0.1) is 0 Å². The van der Waals surface area contributed by atoms with Gasteiger partial charge in [0.1, 0.15) is 0 Å². The van der Waals surface area contributed by atoms with Gasteiger partial charge in [-0.1, -0.05) is 61.0 Å². The molecule has 22 heavy (non-hydrogen) atoms. The summed E-state index contributed by atoms with van der Waals surface area (Å²) >= 11 is 3.39. The number of ketones is 1. The summed E-state index contributed by atoms with van der Waals surface area (Å²) in [6.07, 6.45) is 3.22. The highest BCUT2D eigenvalue weighted by Crippen LogP contribution is 2.22. The van der Waals surface area contributed by atoms with Gasteiger partial charge in [-0.2, -0.15) is 0 Å². The lowest BCUT2D eigenvalue weighted by molar-refractivity contribution is 0.104. The minimum Gasteiger partial charge on any atom is -0.362 e. The van der Waals surface area contributed by atoms with Crippen LogP contribution in [0.1, 0.15) is 36.7 Å². The highest BCUT2D eigenvalue weighted by molar-refractivity contribution is 9.10. The fourth-order valence-corrected chi connectivity index (χ4v) is 2.25. The van der Waals surface area contributed by atoms with E-state index in [1.165, 1.54) is 5.56 Å². The molecule has 0 aliphatic carbocycles. The Hall–Kier alpha value is -1.87. The number of nitrogens with one attached hydrogen (secondary N) is 1. The number of hydrogen-bond acceptors (Lipinski definition) is 2. The molecular formula is C19H20BrNO.